The maximum absolute atomic E-state index is 10.8. The molecule has 2 N–H and O–H groups in total. The molecule has 4 heteroatoms. The minimum atomic E-state index is -0.613. The quantitative estimate of drug-likeness (QED) is 0.901. The third kappa shape index (κ3) is 2.80. The highest BCUT2D eigenvalue weighted by atomic mass is 35.5. The first kappa shape index (κ1) is 14.2. The van der Waals surface area contributed by atoms with Crippen molar-refractivity contribution in [3.63, 3.8) is 0 Å². The normalized spacial score (nSPS) is 29.1. The first-order chi connectivity index (χ1) is 9.59. The number of hydrogen-bond acceptors (Lipinski definition) is 3. The zero-order valence-electron chi connectivity index (χ0n) is 11.9. The van der Waals surface area contributed by atoms with E-state index >= 15 is 0 Å². The van der Waals surface area contributed by atoms with Crippen molar-refractivity contribution in [2.45, 2.75) is 50.2 Å². The molecule has 0 spiro atoms. The molecule has 1 aromatic carbocycles. The van der Waals surface area contributed by atoms with Gasteiger partial charge in [-0.1, -0.05) is 11.6 Å². The number of ether oxygens (including phenoxy) is 1. The molecule has 1 fully saturated rings. The lowest BCUT2D eigenvalue weighted by molar-refractivity contribution is -0.00284. The van der Waals surface area contributed by atoms with Crippen LogP contribution in [-0.2, 0) is 12.8 Å². The van der Waals surface area contributed by atoms with E-state index in [0.717, 1.165) is 55.0 Å². The van der Waals surface area contributed by atoms with E-state index in [-0.39, 0.29) is 0 Å². The Bertz CT molecular complexity index is 495. The molecule has 110 valence electrons. The van der Waals surface area contributed by atoms with Crippen LogP contribution < -0.4 is 10.1 Å². The Kier molecular flexibility index (Phi) is 3.93. The summed E-state index contributed by atoms with van der Waals surface area (Å²) in [5.41, 5.74) is 1.63. The molecule has 0 atom stereocenters. The van der Waals surface area contributed by atoms with Crippen LogP contribution in [0.1, 0.15) is 36.8 Å². The Hall–Kier alpha value is -0.770. The van der Waals surface area contributed by atoms with Crippen molar-refractivity contribution in [3.8, 4) is 5.75 Å². The van der Waals surface area contributed by atoms with Crippen LogP contribution in [0.2, 0.25) is 5.02 Å². The van der Waals surface area contributed by atoms with Gasteiger partial charge < -0.3 is 15.2 Å². The Morgan fingerprint density at radius 2 is 2.15 bits per heavy atom. The highest BCUT2D eigenvalue weighted by molar-refractivity contribution is 6.30. The van der Waals surface area contributed by atoms with Gasteiger partial charge in [-0.3, -0.25) is 0 Å². The van der Waals surface area contributed by atoms with E-state index in [4.69, 9.17) is 16.3 Å². The summed E-state index contributed by atoms with van der Waals surface area (Å²) >= 11 is 6.19. The van der Waals surface area contributed by atoms with Crippen molar-refractivity contribution in [2.24, 2.45) is 0 Å². The molecular weight excluding hydrogens is 274 g/mol. The number of fused-ring (bicyclic) bond motifs is 1. The number of rotatable bonds is 3. The molecule has 0 aromatic heterocycles. The van der Waals surface area contributed by atoms with Crippen molar-refractivity contribution < 1.29 is 9.84 Å². The third-order valence-corrected chi connectivity index (χ3v) is 4.89. The zero-order valence-corrected chi connectivity index (χ0v) is 12.7. The van der Waals surface area contributed by atoms with Crippen LogP contribution >= 0.6 is 11.6 Å². The van der Waals surface area contributed by atoms with Crippen LogP contribution in [0.3, 0.4) is 0 Å². The van der Waals surface area contributed by atoms with Gasteiger partial charge in [-0.25, -0.2) is 0 Å². The van der Waals surface area contributed by atoms with Crippen LogP contribution in [0.5, 0.6) is 5.75 Å². The van der Waals surface area contributed by atoms with Gasteiger partial charge in [0.25, 0.3) is 0 Å². The predicted molar refractivity (Wildman–Crippen MR) is 80.6 cm³/mol. The van der Waals surface area contributed by atoms with Gasteiger partial charge in [-0.15, -0.1) is 0 Å². The summed E-state index contributed by atoms with van der Waals surface area (Å²) in [6.07, 6.45) is 5.28. The standard InChI is InChI=1S/C16H22ClNO2/c1-18-14-2-5-16(19,6-3-14)10-12-9-13(17)8-11-4-7-20-15(11)12/h8-9,14,18-19H,2-7,10H2,1H3. The summed E-state index contributed by atoms with van der Waals surface area (Å²) in [4.78, 5) is 0. The summed E-state index contributed by atoms with van der Waals surface area (Å²) in [5, 5.41) is 14.9. The first-order valence-corrected chi connectivity index (χ1v) is 7.81. The minimum Gasteiger partial charge on any atom is -0.493 e. The van der Waals surface area contributed by atoms with Gasteiger partial charge in [0.1, 0.15) is 5.75 Å². The Labute approximate surface area is 125 Å². The number of benzene rings is 1. The second-order valence-corrected chi connectivity index (χ2v) is 6.55. The van der Waals surface area contributed by atoms with Gasteiger partial charge in [0.05, 0.1) is 12.2 Å². The highest BCUT2D eigenvalue weighted by Gasteiger charge is 2.34. The van der Waals surface area contributed by atoms with Crippen molar-refractivity contribution in [1.29, 1.82) is 0 Å². The average Bonchev–Trinajstić information content (AvgIpc) is 2.87. The Morgan fingerprint density at radius 3 is 2.85 bits per heavy atom. The molecule has 0 amide bonds. The second kappa shape index (κ2) is 5.55. The maximum Gasteiger partial charge on any atom is 0.126 e. The molecule has 3 rings (SSSR count). The fourth-order valence-electron chi connectivity index (χ4n) is 3.45. The van der Waals surface area contributed by atoms with Gasteiger partial charge in [-0.2, -0.15) is 0 Å². The molecule has 20 heavy (non-hydrogen) atoms. The predicted octanol–water partition coefficient (Wildman–Crippen LogP) is 2.71. The lowest BCUT2D eigenvalue weighted by atomic mass is 9.78. The van der Waals surface area contributed by atoms with E-state index < -0.39 is 5.60 Å². The molecule has 0 saturated heterocycles. The number of nitrogens with one attached hydrogen (secondary N) is 1. The van der Waals surface area contributed by atoms with Crippen molar-refractivity contribution in [3.05, 3.63) is 28.3 Å². The molecule has 0 radical (unpaired) electrons. The molecule has 0 unspecified atom stereocenters. The van der Waals surface area contributed by atoms with Crippen LogP contribution in [0.25, 0.3) is 0 Å². The van der Waals surface area contributed by atoms with E-state index in [2.05, 4.69) is 5.32 Å². The van der Waals surface area contributed by atoms with E-state index in [9.17, 15) is 5.11 Å². The van der Waals surface area contributed by atoms with Gasteiger partial charge in [0, 0.05) is 23.9 Å². The van der Waals surface area contributed by atoms with Gasteiger partial charge >= 0.3 is 0 Å². The largest absolute Gasteiger partial charge is 0.493 e. The summed E-state index contributed by atoms with van der Waals surface area (Å²) in [5.74, 6) is 0.957. The third-order valence-electron chi connectivity index (χ3n) is 4.67. The van der Waals surface area contributed by atoms with Crippen molar-refractivity contribution in [2.75, 3.05) is 13.7 Å². The Balaban J connectivity index is 1.78. The second-order valence-electron chi connectivity index (χ2n) is 6.12. The summed E-state index contributed by atoms with van der Waals surface area (Å²) in [6, 6.07) is 4.47. The summed E-state index contributed by atoms with van der Waals surface area (Å²) in [6.45, 7) is 0.725. The number of halogens is 1. The molecular formula is C16H22ClNO2. The SMILES string of the molecule is CNC1CCC(O)(Cc2cc(Cl)cc3c2OCC3)CC1. The fourth-order valence-corrected chi connectivity index (χ4v) is 3.72. The minimum absolute atomic E-state index is 0.539. The van der Waals surface area contributed by atoms with Crippen LogP contribution in [0.15, 0.2) is 12.1 Å². The van der Waals surface area contributed by atoms with E-state index in [1.165, 1.54) is 5.56 Å². The number of aliphatic hydroxyl groups is 1. The maximum atomic E-state index is 10.8. The summed E-state index contributed by atoms with van der Waals surface area (Å²) < 4.78 is 5.73. The molecule has 1 aliphatic heterocycles. The number of hydrogen-bond donors (Lipinski definition) is 2. The fraction of sp³-hybridized carbons (Fsp3) is 0.625. The lowest BCUT2D eigenvalue weighted by Crippen LogP contribution is -2.41. The molecule has 2 aliphatic rings. The van der Waals surface area contributed by atoms with E-state index in [0.29, 0.717) is 12.5 Å². The Morgan fingerprint density at radius 1 is 1.40 bits per heavy atom. The zero-order chi connectivity index (χ0) is 14.2. The molecule has 1 saturated carbocycles. The van der Waals surface area contributed by atoms with Crippen molar-refractivity contribution in [1.82, 2.24) is 5.32 Å². The van der Waals surface area contributed by atoms with E-state index in [1.807, 2.05) is 19.2 Å². The molecule has 3 nitrogen and oxygen atoms in total. The van der Waals surface area contributed by atoms with Gasteiger partial charge in [0.15, 0.2) is 0 Å². The molecule has 1 heterocycles. The van der Waals surface area contributed by atoms with Crippen molar-refractivity contribution >= 4 is 11.6 Å². The van der Waals surface area contributed by atoms with E-state index in [1.54, 1.807) is 0 Å². The van der Waals surface area contributed by atoms with Crippen LogP contribution in [-0.4, -0.2) is 30.4 Å². The summed E-state index contributed by atoms with van der Waals surface area (Å²) in [7, 11) is 1.99. The average molecular weight is 296 g/mol. The van der Waals surface area contributed by atoms with Crippen LogP contribution in [0.4, 0.5) is 0 Å². The first-order valence-electron chi connectivity index (χ1n) is 7.43. The van der Waals surface area contributed by atoms with Gasteiger partial charge in [-0.05, 0) is 56.0 Å². The molecule has 1 aliphatic carbocycles. The monoisotopic (exact) mass is 295 g/mol. The molecule has 0 bridgehead atoms. The smallest absolute Gasteiger partial charge is 0.126 e. The van der Waals surface area contributed by atoms with Crippen LogP contribution in [0, 0.1) is 0 Å². The highest BCUT2D eigenvalue weighted by Crippen LogP contribution is 2.38. The molecule has 1 aromatic rings. The van der Waals surface area contributed by atoms with Gasteiger partial charge in [0.2, 0.25) is 0 Å². The lowest BCUT2D eigenvalue weighted by Gasteiger charge is -2.36. The topological polar surface area (TPSA) is 41.5 Å².